The summed E-state index contributed by atoms with van der Waals surface area (Å²) in [6, 6.07) is 19.7. The van der Waals surface area contributed by atoms with Gasteiger partial charge in [-0.1, -0.05) is 17.7 Å². The fraction of sp³-hybridized carbons (Fsp3) is 0.0800. The van der Waals surface area contributed by atoms with Crippen molar-refractivity contribution >= 4 is 28.5 Å². The zero-order valence-electron chi connectivity index (χ0n) is 17.4. The molecule has 0 radical (unpaired) electrons. The summed E-state index contributed by atoms with van der Waals surface area (Å²) in [6.45, 7) is 1.96. The van der Waals surface area contributed by atoms with Crippen molar-refractivity contribution in [3.63, 3.8) is 0 Å². The van der Waals surface area contributed by atoms with E-state index in [9.17, 15) is 14.4 Å². The van der Waals surface area contributed by atoms with Gasteiger partial charge < -0.3 is 19.2 Å². The van der Waals surface area contributed by atoms with Crippen LogP contribution in [0.15, 0.2) is 82.0 Å². The molecule has 32 heavy (non-hydrogen) atoms. The third-order valence-corrected chi connectivity index (χ3v) is 4.80. The van der Waals surface area contributed by atoms with E-state index in [2.05, 4.69) is 5.32 Å². The molecule has 0 saturated heterocycles. The monoisotopic (exact) mass is 429 g/mol. The number of methoxy groups -OCH3 is 1. The van der Waals surface area contributed by atoms with Crippen LogP contribution in [0.25, 0.3) is 11.0 Å². The van der Waals surface area contributed by atoms with Crippen molar-refractivity contribution in [1.29, 1.82) is 0 Å². The molecule has 1 heterocycles. The first-order chi connectivity index (χ1) is 15.4. The third-order valence-electron chi connectivity index (χ3n) is 4.80. The maximum absolute atomic E-state index is 12.5. The number of benzene rings is 3. The summed E-state index contributed by atoms with van der Waals surface area (Å²) >= 11 is 0. The largest absolute Gasteiger partial charge is 0.497 e. The van der Waals surface area contributed by atoms with Crippen molar-refractivity contribution in [3.8, 4) is 11.5 Å². The zero-order chi connectivity index (χ0) is 22.7. The number of carbonyl (C=O) groups is 2. The summed E-state index contributed by atoms with van der Waals surface area (Å²) in [7, 11) is 1.51. The van der Waals surface area contributed by atoms with E-state index < -0.39 is 11.6 Å². The Balaban J connectivity index is 1.49. The van der Waals surface area contributed by atoms with E-state index in [0.29, 0.717) is 28.0 Å². The van der Waals surface area contributed by atoms with Crippen LogP contribution in [0.2, 0.25) is 0 Å². The van der Waals surface area contributed by atoms with E-state index in [0.717, 1.165) is 5.56 Å². The molecule has 0 bridgehead atoms. The van der Waals surface area contributed by atoms with Gasteiger partial charge in [0.05, 0.1) is 7.11 Å². The smallest absolute Gasteiger partial charge is 0.351 e. The Bertz CT molecular complexity index is 1350. The van der Waals surface area contributed by atoms with Gasteiger partial charge in [0.2, 0.25) is 0 Å². The summed E-state index contributed by atoms with van der Waals surface area (Å²) in [5.41, 5.74) is 1.44. The van der Waals surface area contributed by atoms with E-state index >= 15 is 0 Å². The molecule has 7 heteroatoms. The van der Waals surface area contributed by atoms with Gasteiger partial charge >= 0.3 is 11.6 Å². The second kappa shape index (κ2) is 8.77. The lowest BCUT2D eigenvalue weighted by molar-refractivity contribution is 0.0730. The average molecular weight is 429 g/mol. The molecule has 4 rings (SSSR count). The maximum Gasteiger partial charge on any atom is 0.351 e. The standard InChI is InChI=1S/C25H19NO6/c1-15-3-7-18(8-4-15)26-23(27)16-5-9-19(10-6-16)31-24(28)21-14-17-13-20(30-2)11-12-22(17)32-25(21)29/h3-14H,1-2H3,(H,26,27). The predicted molar refractivity (Wildman–Crippen MR) is 120 cm³/mol. The number of anilines is 1. The number of fused-ring (bicyclic) bond motifs is 1. The Hall–Kier alpha value is -4.39. The lowest BCUT2D eigenvalue weighted by atomic mass is 10.1. The maximum atomic E-state index is 12.5. The molecule has 3 aromatic carbocycles. The molecule has 0 aliphatic carbocycles. The summed E-state index contributed by atoms with van der Waals surface area (Å²) in [5, 5.41) is 3.32. The molecule has 1 aromatic heterocycles. The predicted octanol–water partition coefficient (Wildman–Crippen LogP) is 4.58. The molecule has 160 valence electrons. The molecule has 0 saturated carbocycles. The molecule has 0 aliphatic heterocycles. The first-order valence-electron chi connectivity index (χ1n) is 9.75. The molecular formula is C25H19NO6. The van der Waals surface area contributed by atoms with E-state index in [-0.39, 0.29) is 17.2 Å². The zero-order valence-corrected chi connectivity index (χ0v) is 17.4. The van der Waals surface area contributed by atoms with Crippen LogP contribution in [0.3, 0.4) is 0 Å². The molecule has 1 amide bonds. The Morgan fingerprint density at radius 3 is 2.25 bits per heavy atom. The minimum atomic E-state index is -0.861. The molecular weight excluding hydrogens is 410 g/mol. The third kappa shape index (κ3) is 4.52. The summed E-state index contributed by atoms with van der Waals surface area (Å²) in [4.78, 5) is 37.1. The number of ether oxygens (including phenoxy) is 2. The van der Waals surface area contributed by atoms with Gasteiger partial charge in [0.25, 0.3) is 5.91 Å². The number of nitrogens with one attached hydrogen (secondary N) is 1. The van der Waals surface area contributed by atoms with E-state index in [1.807, 2.05) is 31.2 Å². The van der Waals surface area contributed by atoms with Crippen molar-refractivity contribution in [2.24, 2.45) is 0 Å². The van der Waals surface area contributed by atoms with E-state index in [4.69, 9.17) is 13.9 Å². The van der Waals surface area contributed by atoms with Crippen molar-refractivity contribution in [1.82, 2.24) is 0 Å². The first kappa shape index (κ1) is 20.9. The van der Waals surface area contributed by atoms with Gasteiger partial charge in [0.1, 0.15) is 22.6 Å². The molecule has 0 unspecified atom stereocenters. The van der Waals surface area contributed by atoms with Gasteiger partial charge in [0, 0.05) is 16.6 Å². The van der Waals surface area contributed by atoms with Crippen LogP contribution >= 0.6 is 0 Å². The van der Waals surface area contributed by atoms with Crippen LogP contribution in [0.4, 0.5) is 5.69 Å². The summed E-state index contributed by atoms with van der Waals surface area (Å²) < 4.78 is 15.6. The molecule has 0 spiro atoms. The highest BCUT2D eigenvalue weighted by Gasteiger charge is 2.17. The quantitative estimate of drug-likeness (QED) is 0.283. The molecule has 0 aliphatic rings. The number of rotatable bonds is 5. The summed E-state index contributed by atoms with van der Waals surface area (Å²) in [6.07, 6.45) is 0. The Morgan fingerprint density at radius 2 is 1.56 bits per heavy atom. The lowest BCUT2D eigenvalue weighted by Gasteiger charge is -2.08. The molecule has 1 N–H and O–H groups in total. The number of aryl methyl sites for hydroxylation is 1. The first-order valence-corrected chi connectivity index (χ1v) is 9.75. The number of amides is 1. The minimum absolute atomic E-state index is 0.187. The Kier molecular flexibility index (Phi) is 5.72. The van der Waals surface area contributed by atoms with Crippen molar-refractivity contribution in [2.75, 3.05) is 12.4 Å². The van der Waals surface area contributed by atoms with Crippen molar-refractivity contribution in [3.05, 3.63) is 99.9 Å². The van der Waals surface area contributed by atoms with Gasteiger partial charge in [-0.25, -0.2) is 9.59 Å². The number of esters is 1. The highest BCUT2D eigenvalue weighted by atomic mass is 16.5. The number of carbonyl (C=O) groups excluding carboxylic acids is 2. The lowest BCUT2D eigenvalue weighted by Crippen LogP contribution is -2.18. The molecule has 0 atom stereocenters. The Labute approximate surface area is 183 Å². The van der Waals surface area contributed by atoms with Crippen LogP contribution in [0.1, 0.15) is 26.3 Å². The van der Waals surface area contributed by atoms with Crippen LogP contribution in [-0.2, 0) is 0 Å². The van der Waals surface area contributed by atoms with Gasteiger partial charge in [-0.3, -0.25) is 4.79 Å². The average Bonchev–Trinajstić information content (AvgIpc) is 2.80. The van der Waals surface area contributed by atoms with Gasteiger partial charge in [-0.2, -0.15) is 0 Å². The summed E-state index contributed by atoms with van der Waals surface area (Å²) in [5.74, 6) is -0.409. The highest BCUT2D eigenvalue weighted by molar-refractivity contribution is 6.04. The van der Waals surface area contributed by atoms with Gasteiger partial charge in [-0.05, 0) is 67.6 Å². The number of hydrogen-bond donors (Lipinski definition) is 1. The second-order valence-corrected chi connectivity index (χ2v) is 7.09. The van der Waals surface area contributed by atoms with Crippen LogP contribution in [0.5, 0.6) is 11.5 Å². The van der Waals surface area contributed by atoms with E-state index in [1.54, 1.807) is 18.2 Å². The molecule has 4 aromatic rings. The van der Waals surface area contributed by atoms with Crippen LogP contribution in [0, 0.1) is 6.92 Å². The SMILES string of the molecule is COc1ccc2oc(=O)c(C(=O)Oc3ccc(C(=O)Nc4ccc(C)cc4)cc3)cc2c1. The van der Waals surface area contributed by atoms with Gasteiger partial charge in [0.15, 0.2) is 0 Å². The Morgan fingerprint density at radius 1 is 0.875 bits per heavy atom. The normalized spacial score (nSPS) is 10.6. The minimum Gasteiger partial charge on any atom is -0.497 e. The topological polar surface area (TPSA) is 94.8 Å². The fourth-order valence-corrected chi connectivity index (χ4v) is 3.05. The highest BCUT2D eigenvalue weighted by Crippen LogP contribution is 2.21. The van der Waals surface area contributed by atoms with E-state index in [1.165, 1.54) is 37.4 Å². The van der Waals surface area contributed by atoms with Crippen LogP contribution in [-0.4, -0.2) is 19.0 Å². The van der Waals surface area contributed by atoms with Crippen LogP contribution < -0.4 is 20.4 Å². The van der Waals surface area contributed by atoms with Crippen molar-refractivity contribution in [2.45, 2.75) is 6.92 Å². The fourth-order valence-electron chi connectivity index (χ4n) is 3.05. The number of hydrogen-bond acceptors (Lipinski definition) is 6. The second-order valence-electron chi connectivity index (χ2n) is 7.09. The van der Waals surface area contributed by atoms with Gasteiger partial charge in [-0.15, -0.1) is 0 Å². The molecule has 0 fully saturated rings. The molecule has 7 nitrogen and oxygen atoms in total. The van der Waals surface area contributed by atoms with Crippen molar-refractivity contribution < 1.29 is 23.5 Å².